The van der Waals surface area contributed by atoms with Crippen LogP contribution in [-0.4, -0.2) is 15.2 Å². The Hall–Kier alpha value is -2.65. The van der Waals surface area contributed by atoms with E-state index >= 15 is 0 Å². The standard InChI is InChI=1S/C24H17ClN2O3S3/c1-14-3-7-18(11-15(14)2)26-23(28)22(33-24(26)31)13-16-4-10-21(20(12-16)27(29)30)32-19-8-5-17(25)6-9-19/h3-13H,1-2H3/b22-13-. The van der Waals surface area contributed by atoms with Gasteiger partial charge < -0.3 is 0 Å². The number of amides is 1. The van der Waals surface area contributed by atoms with Crippen LogP contribution >= 0.6 is 47.3 Å². The van der Waals surface area contributed by atoms with Gasteiger partial charge in [0.05, 0.1) is 20.4 Å². The summed E-state index contributed by atoms with van der Waals surface area (Å²) in [4.78, 5) is 27.6. The number of hydrogen-bond donors (Lipinski definition) is 0. The molecule has 0 saturated carbocycles. The van der Waals surface area contributed by atoms with Crippen molar-refractivity contribution in [3.8, 4) is 0 Å². The summed E-state index contributed by atoms with van der Waals surface area (Å²) in [5.74, 6) is -0.240. The maximum atomic E-state index is 13.1. The molecule has 0 unspecified atom stereocenters. The Morgan fingerprint density at radius 1 is 1.06 bits per heavy atom. The number of nitrogens with zero attached hydrogens (tertiary/aromatic N) is 2. The highest BCUT2D eigenvalue weighted by molar-refractivity contribution is 8.27. The fourth-order valence-corrected chi connectivity index (χ4v) is 5.51. The van der Waals surface area contributed by atoms with Crippen LogP contribution in [0.15, 0.2) is 75.4 Å². The Bertz CT molecular complexity index is 1320. The van der Waals surface area contributed by atoms with E-state index < -0.39 is 4.92 Å². The zero-order chi connectivity index (χ0) is 23.7. The number of nitro groups is 1. The number of aryl methyl sites for hydroxylation is 2. The van der Waals surface area contributed by atoms with E-state index in [2.05, 4.69) is 0 Å². The summed E-state index contributed by atoms with van der Waals surface area (Å²) in [6.45, 7) is 3.99. The third kappa shape index (κ3) is 5.14. The number of hydrogen-bond acceptors (Lipinski definition) is 6. The van der Waals surface area contributed by atoms with Crippen molar-refractivity contribution in [3.63, 3.8) is 0 Å². The van der Waals surface area contributed by atoms with Gasteiger partial charge in [0.25, 0.3) is 11.6 Å². The molecular weight excluding hydrogens is 496 g/mol. The molecule has 5 nitrogen and oxygen atoms in total. The van der Waals surface area contributed by atoms with Crippen LogP contribution in [0.1, 0.15) is 16.7 Å². The molecule has 3 aromatic carbocycles. The normalized spacial score (nSPS) is 14.9. The Labute approximate surface area is 210 Å². The van der Waals surface area contributed by atoms with Gasteiger partial charge in [-0.25, -0.2) is 0 Å². The van der Waals surface area contributed by atoms with E-state index in [-0.39, 0.29) is 11.6 Å². The lowest BCUT2D eigenvalue weighted by Crippen LogP contribution is -2.27. The van der Waals surface area contributed by atoms with Crippen LogP contribution in [0.2, 0.25) is 5.02 Å². The number of thiocarbonyl (C=S) groups is 1. The van der Waals surface area contributed by atoms with E-state index in [0.29, 0.717) is 30.4 Å². The lowest BCUT2D eigenvalue weighted by molar-refractivity contribution is -0.387. The summed E-state index contributed by atoms with van der Waals surface area (Å²) in [5.41, 5.74) is 3.43. The largest absolute Gasteiger partial charge is 0.283 e. The molecule has 33 heavy (non-hydrogen) atoms. The molecule has 0 N–H and O–H groups in total. The molecular formula is C24H17ClN2O3S3. The average molecular weight is 513 g/mol. The third-order valence-electron chi connectivity index (χ3n) is 5.06. The van der Waals surface area contributed by atoms with E-state index in [0.717, 1.165) is 16.0 Å². The zero-order valence-electron chi connectivity index (χ0n) is 17.6. The molecule has 166 valence electrons. The van der Waals surface area contributed by atoms with Crippen LogP contribution in [0.3, 0.4) is 0 Å². The SMILES string of the molecule is Cc1ccc(N2C(=O)/C(=C/c3ccc(Sc4ccc(Cl)cc4)c([N+](=O)[O-])c3)SC2=S)cc1C. The lowest BCUT2D eigenvalue weighted by Gasteiger charge is -2.15. The smallest absolute Gasteiger partial charge is 0.268 e. The number of carbonyl (C=O) groups is 1. The number of nitro benzene ring substituents is 1. The van der Waals surface area contributed by atoms with Crippen molar-refractivity contribution in [3.05, 3.63) is 97.4 Å². The zero-order valence-corrected chi connectivity index (χ0v) is 20.8. The van der Waals surface area contributed by atoms with Crippen molar-refractivity contribution in [2.24, 2.45) is 0 Å². The highest BCUT2D eigenvalue weighted by atomic mass is 35.5. The fraction of sp³-hybridized carbons (Fsp3) is 0.0833. The first-order valence-electron chi connectivity index (χ1n) is 9.80. The van der Waals surface area contributed by atoms with Gasteiger partial charge in [0.2, 0.25) is 0 Å². The predicted octanol–water partition coefficient (Wildman–Crippen LogP) is 7.42. The third-order valence-corrected chi connectivity index (χ3v) is 7.69. The maximum Gasteiger partial charge on any atom is 0.283 e. The van der Waals surface area contributed by atoms with E-state index in [9.17, 15) is 14.9 Å². The van der Waals surface area contributed by atoms with Crippen LogP contribution in [0.5, 0.6) is 0 Å². The molecule has 1 aliphatic rings. The topological polar surface area (TPSA) is 63.5 Å². The first-order chi connectivity index (χ1) is 15.7. The van der Waals surface area contributed by atoms with Crippen LogP contribution in [0, 0.1) is 24.0 Å². The predicted molar refractivity (Wildman–Crippen MR) is 140 cm³/mol. The van der Waals surface area contributed by atoms with Gasteiger partial charge in [0.15, 0.2) is 4.32 Å². The lowest BCUT2D eigenvalue weighted by atomic mass is 10.1. The van der Waals surface area contributed by atoms with Crippen molar-refractivity contribution in [1.82, 2.24) is 0 Å². The molecule has 0 aromatic heterocycles. The van der Waals surface area contributed by atoms with Crippen molar-refractivity contribution >= 4 is 75.0 Å². The Morgan fingerprint density at radius 2 is 1.79 bits per heavy atom. The number of carbonyl (C=O) groups excluding carboxylic acids is 1. The maximum absolute atomic E-state index is 13.1. The first kappa shape index (κ1) is 23.5. The van der Waals surface area contributed by atoms with Gasteiger partial charge in [-0.15, -0.1) is 0 Å². The number of halogens is 1. The summed E-state index contributed by atoms with van der Waals surface area (Å²) in [5, 5.41) is 12.3. The van der Waals surface area contributed by atoms with Gasteiger partial charge in [0, 0.05) is 16.0 Å². The number of thioether (sulfide) groups is 1. The van der Waals surface area contributed by atoms with E-state index in [4.69, 9.17) is 23.8 Å². The molecule has 1 saturated heterocycles. The second kappa shape index (κ2) is 9.69. The highest BCUT2D eigenvalue weighted by Crippen LogP contribution is 2.39. The first-order valence-corrected chi connectivity index (χ1v) is 12.2. The summed E-state index contributed by atoms with van der Waals surface area (Å²) in [6, 6.07) is 17.8. The average Bonchev–Trinajstić information content (AvgIpc) is 3.05. The molecule has 9 heteroatoms. The molecule has 0 radical (unpaired) electrons. The summed E-state index contributed by atoms with van der Waals surface area (Å²) >= 11 is 13.8. The molecule has 4 rings (SSSR count). The van der Waals surface area contributed by atoms with Gasteiger partial charge in [-0.05, 0) is 79.1 Å². The van der Waals surface area contributed by atoms with Crippen molar-refractivity contribution in [2.45, 2.75) is 23.6 Å². The minimum atomic E-state index is -0.421. The van der Waals surface area contributed by atoms with E-state index in [1.807, 2.05) is 44.2 Å². The van der Waals surface area contributed by atoms with Crippen LogP contribution in [0.4, 0.5) is 11.4 Å². The summed E-state index contributed by atoms with van der Waals surface area (Å²) in [6.07, 6.45) is 1.64. The molecule has 1 fully saturated rings. The molecule has 0 atom stereocenters. The highest BCUT2D eigenvalue weighted by Gasteiger charge is 2.33. The number of anilines is 1. The molecule has 1 amide bonds. The Kier molecular flexibility index (Phi) is 6.90. The van der Waals surface area contributed by atoms with Gasteiger partial charge in [0.1, 0.15) is 0 Å². The molecule has 0 bridgehead atoms. The summed E-state index contributed by atoms with van der Waals surface area (Å²) < 4.78 is 0.430. The molecule has 1 heterocycles. The minimum absolute atomic E-state index is 0.0339. The second-order valence-corrected chi connectivity index (χ2v) is 10.6. The second-order valence-electron chi connectivity index (χ2n) is 7.33. The quantitative estimate of drug-likeness (QED) is 0.153. The molecule has 0 aliphatic carbocycles. The molecule has 0 spiro atoms. The minimum Gasteiger partial charge on any atom is -0.268 e. The molecule has 1 aliphatic heterocycles. The van der Waals surface area contributed by atoms with Gasteiger partial charge >= 0.3 is 0 Å². The van der Waals surface area contributed by atoms with Crippen LogP contribution < -0.4 is 4.90 Å². The van der Waals surface area contributed by atoms with Gasteiger partial charge in [-0.3, -0.25) is 19.8 Å². The van der Waals surface area contributed by atoms with Gasteiger partial charge in [-0.2, -0.15) is 0 Å². The Morgan fingerprint density at radius 3 is 2.45 bits per heavy atom. The number of benzene rings is 3. The van der Waals surface area contributed by atoms with E-state index in [1.54, 1.807) is 30.3 Å². The number of rotatable bonds is 5. The van der Waals surface area contributed by atoms with Crippen LogP contribution in [-0.2, 0) is 4.79 Å². The van der Waals surface area contributed by atoms with Crippen LogP contribution in [0.25, 0.3) is 6.08 Å². The molecule has 3 aromatic rings. The monoisotopic (exact) mass is 512 g/mol. The Balaban J connectivity index is 1.63. The van der Waals surface area contributed by atoms with Crippen molar-refractivity contribution < 1.29 is 9.72 Å². The van der Waals surface area contributed by atoms with E-state index in [1.165, 1.54) is 34.5 Å². The fourth-order valence-electron chi connectivity index (χ4n) is 3.19. The van der Waals surface area contributed by atoms with Crippen molar-refractivity contribution in [2.75, 3.05) is 4.90 Å². The van der Waals surface area contributed by atoms with Crippen molar-refractivity contribution in [1.29, 1.82) is 0 Å². The summed E-state index contributed by atoms with van der Waals surface area (Å²) in [7, 11) is 0. The van der Waals surface area contributed by atoms with Gasteiger partial charge in [-0.1, -0.05) is 59.5 Å².